The average Bonchev–Trinajstić information content (AvgIpc) is 2.94. The third-order valence-corrected chi connectivity index (χ3v) is 5.13. The summed E-state index contributed by atoms with van der Waals surface area (Å²) in [6.07, 6.45) is -2.61. The van der Waals surface area contributed by atoms with E-state index in [1.165, 1.54) is 23.1 Å². The number of ether oxygens (including phenoxy) is 1. The fraction of sp³-hybridized carbons (Fsp3) is 0.211. The van der Waals surface area contributed by atoms with Crippen LogP contribution in [0.4, 0.5) is 21.0 Å². The Morgan fingerprint density at radius 1 is 1.17 bits per heavy atom. The topological polar surface area (TPSA) is 108 Å². The molecule has 0 aliphatic carbocycles. The molecule has 3 rings (SSSR count). The van der Waals surface area contributed by atoms with Gasteiger partial charge in [-0.1, -0.05) is 41.4 Å². The first-order chi connectivity index (χ1) is 13.8. The molecule has 1 aliphatic heterocycles. The number of halogens is 2. The number of urea groups is 1. The molecule has 1 fully saturated rings. The first-order valence-corrected chi connectivity index (χ1v) is 9.31. The number of carbonyl (C=O) groups is 3. The average molecular weight is 438 g/mol. The summed E-state index contributed by atoms with van der Waals surface area (Å²) in [7, 11) is 0. The number of hydrogen-bond acceptors (Lipinski definition) is 4. The maximum absolute atomic E-state index is 12.9. The van der Waals surface area contributed by atoms with Gasteiger partial charge in [-0.25, -0.2) is 9.59 Å². The summed E-state index contributed by atoms with van der Waals surface area (Å²) in [5.74, 6) is -0.477. The Bertz CT molecular complexity index is 969. The molecule has 0 spiro atoms. The number of para-hydroxylation sites is 1. The zero-order valence-electron chi connectivity index (χ0n) is 15.2. The van der Waals surface area contributed by atoms with Crippen molar-refractivity contribution in [2.24, 2.45) is 0 Å². The maximum Gasteiger partial charge on any atom is 0.506 e. The lowest BCUT2D eigenvalue weighted by Gasteiger charge is -2.18. The van der Waals surface area contributed by atoms with E-state index in [2.05, 4.69) is 10.6 Å². The quantitative estimate of drug-likeness (QED) is 0.628. The molecule has 1 aliphatic rings. The molecular formula is C19H17Cl2N3O5. The fourth-order valence-electron chi connectivity index (χ4n) is 3.06. The summed E-state index contributed by atoms with van der Waals surface area (Å²) in [5, 5.41) is 14.6. The molecule has 152 valence electrons. The number of carbonyl (C=O) groups excluding carboxylic acids is 2. The Morgan fingerprint density at radius 2 is 1.90 bits per heavy atom. The first kappa shape index (κ1) is 20.8. The van der Waals surface area contributed by atoms with Gasteiger partial charge < -0.3 is 25.4 Å². The molecule has 2 atom stereocenters. The molecule has 1 saturated heterocycles. The van der Waals surface area contributed by atoms with Gasteiger partial charge in [0, 0.05) is 11.4 Å². The van der Waals surface area contributed by atoms with Gasteiger partial charge in [0.05, 0.1) is 16.6 Å². The van der Waals surface area contributed by atoms with Crippen molar-refractivity contribution in [1.82, 2.24) is 5.32 Å². The monoisotopic (exact) mass is 437 g/mol. The van der Waals surface area contributed by atoms with Crippen LogP contribution in [0.2, 0.25) is 10.0 Å². The van der Waals surface area contributed by atoms with Crippen LogP contribution < -0.4 is 15.5 Å². The number of rotatable bonds is 4. The molecule has 3 N–H and O–H groups in total. The van der Waals surface area contributed by atoms with E-state index in [1.54, 1.807) is 12.1 Å². The van der Waals surface area contributed by atoms with Gasteiger partial charge in [0.2, 0.25) is 0 Å². The van der Waals surface area contributed by atoms with Crippen LogP contribution in [-0.4, -0.2) is 41.9 Å². The van der Waals surface area contributed by atoms with Gasteiger partial charge in [-0.15, -0.1) is 0 Å². The largest absolute Gasteiger partial charge is 0.506 e. The van der Waals surface area contributed by atoms with Gasteiger partial charge >= 0.3 is 12.2 Å². The number of aryl methyl sites for hydroxylation is 1. The standard InChI is InChI=1S/C19H17Cl2N3O5/c1-10-4-2-3-5-14(10)24-9-15(29-19(27)28)16(17(24)25)23-18(26)22-11-6-7-12(20)13(21)8-11/h2-8,15-16H,9H2,1H3,(H,27,28)(H2,22,23,26)/t15-,16-/m0/s1. The molecule has 0 radical (unpaired) electrons. The van der Waals surface area contributed by atoms with Gasteiger partial charge in [-0.2, -0.15) is 0 Å². The van der Waals surface area contributed by atoms with Crippen LogP contribution in [0.1, 0.15) is 5.56 Å². The van der Waals surface area contributed by atoms with E-state index < -0.39 is 30.2 Å². The number of nitrogens with one attached hydrogen (secondary N) is 2. The highest BCUT2D eigenvalue weighted by Gasteiger charge is 2.45. The second-order valence-corrected chi connectivity index (χ2v) is 7.18. The number of carboxylic acid groups (broad SMARTS) is 1. The number of amides is 3. The predicted octanol–water partition coefficient (Wildman–Crippen LogP) is 3.90. The smallest absolute Gasteiger partial charge is 0.450 e. The number of nitrogens with zero attached hydrogens (tertiary/aromatic N) is 1. The van der Waals surface area contributed by atoms with E-state index in [4.69, 9.17) is 33.0 Å². The van der Waals surface area contributed by atoms with Gasteiger partial charge in [-0.3, -0.25) is 4.79 Å². The van der Waals surface area contributed by atoms with Crippen molar-refractivity contribution in [1.29, 1.82) is 0 Å². The van der Waals surface area contributed by atoms with Crippen LogP contribution in [-0.2, 0) is 9.53 Å². The SMILES string of the molecule is Cc1ccccc1N1C[C@H](OC(=O)O)[C@H](NC(=O)Nc2ccc(Cl)c(Cl)c2)C1=O. The highest BCUT2D eigenvalue weighted by molar-refractivity contribution is 6.42. The van der Waals surface area contributed by atoms with E-state index in [-0.39, 0.29) is 11.6 Å². The molecule has 2 aromatic rings. The predicted molar refractivity (Wildman–Crippen MR) is 109 cm³/mol. The number of anilines is 2. The zero-order chi connectivity index (χ0) is 21.1. The molecular weight excluding hydrogens is 421 g/mol. The molecule has 10 heteroatoms. The molecule has 0 aromatic heterocycles. The van der Waals surface area contributed by atoms with E-state index in [0.717, 1.165) is 5.56 Å². The van der Waals surface area contributed by atoms with Gasteiger partial charge in [0.25, 0.3) is 5.91 Å². The van der Waals surface area contributed by atoms with Gasteiger partial charge in [0.1, 0.15) is 6.04 Å². The number of hydrogen-bond donors (Lipinski definition) is 3. The van der Waals surface area contributed by atoms with Crippen molar-refractivity contribution in [3.63, 3.8) is 0 Å². The molecule has 0 bridgehead atoms. The lowest BCUT2D eigenvalue weighted by Crippen LogP contribution is -2.48. The molecule has 0 unspecified atom stereocenters. The third-order valence-electron chi connectivity index (χ3n) is 4.39. The molecule has 1 heterocycles. The van der Waals surface area contributed by atoms with E-state index in [0.29, 0.717) is 16.4 Å². The fourth-order valence-corrected chi connectivity index (χ4v) is 3.36. The van der Waals surface area contributed by atoms with E-state index >= 15 is 0 Å². The minimum absolute atomic E-state index is 0.0201. The lowest BCUT2D eigenvalue weighted by atomic mass is 10.2. The Kier molecular flexibility index (Phi) is 6.14. The second-order valence-electron chi connectivity index (χ2n) is 6.36. The number of benzene rings is 2. The zero-order valence-corrected chi connectivity index (χ0v) is 16.7. The summed E-state index contributed by atoms with van der Waals surface area (Å²) < 4.78 is 4.84. The first-order valence-electron chi connectivity index (χ1n) is 8.55. The Morgan fingerprint density at radius 3 is 2.55 bits per heavy atom. The maximum atomic E-state index is 12.9. The molecule has 8 nitrogen and oxygen atoms in total. The highest BCUT2D eigenvalue weighted by atomic mass is 35.5. The Hall–Kier alpha value is -2.97. The van der Waals surface area contributed by atoms with E-state index in [1.807, 2.05) is 19.1 Å². The minimum Gasteiger partial charge on any atom is -0.450 e. The summed E-state index contributed by atoms with van der Waals surface area (Å²) in [6, 6.07) is 9.75. The van der Waals surface area contributed by atoms with Crippen molar-refractivity contribution in [3.8, 4) is 0 Å². The Balaban J connectivity index is 1.78. The summed E-state index contributed by atoms with van der Waals surface area (Å²) in [6.45, 7) is 1.81. The summed E-state index contributed by atoms with van der Waals surface area (Å²) in [5.41, 5.74) is 1.80. The molecule has 0 saturated carbocycles. The van der Waals surface area contributed by atoms with Crippen LogP contribution >= 0.6 is 23.2 Å². The van der Waals surface area contributed by atoms with Crippen molar-refractivity contribution in [2.45, 2.75) is 19.1 Å². The normalized spacial score (nSPS) is 18.4. The van der Waals surface area contributed by atoms with Crippen LogP contribution in [0.25, 0.3) is 0 Å². The van der Waals surface area contributed by atoms with Crippen LogP contribution in [0.3, 0.4) is 0 Å². The van der Waals surface area contributed by atoms with Crippen LogP contribution in [0, 0.1) is 6.92 Å². The molecule has 2 aromatic carbocycles. The van der Waals surface area contributed by atoms with E-state index in [9.17, 15) is 14.4 Å². The van der Waals surface area contributed by atoms with Crippen LogP contribution in [0.5, 0.6) is 0 Å². The summed E-state index contributed by atoms with van der Waals surface area (Å²) in [4.78, 5) is 37.7. The highest BCUT2D eigenvalue weighted by Crippen LogP contribution is 2.27. The minimum atomic E-state index is -1.54. The van der Waals surface area contributed by atoms with Crippen molar-refractivity contribution >= 4 is 52.7 Å². The van der Waals surface area contributed by atoms with Crippen molar-refractivity contribution in [2.75, 3.05) is 16.8 Å². The van der Waals surface area contributed by atoms with Crippen LogP contribution in [0.15, 0.2) is 42.5 Å². The lowest BCUT2D eigenvalue weighted by molar-refractivity contribution is -0.119. The van der Waals surface area contributed by atoms with Gasteiger partial charge in [0.15, 0.2) is 6.10 Å². The van der Waals surface area contributed by atoms with Crippen molar-refractivity contribution < 1.29 is 24.2 Å². The Labute approximate surface area is 176 Å². The third kappa shape index (κ3) is 4.72. The summed E-state index contributed by atoms with van der Waals surface area (Å²) >= 11 is 11.8. The molecule has 3 amide bonds. The molecule has 29 heavy (non-hydrogen) atoms. The van der Waals surface area contributed by atoms with Crippen molar-refractivity contribution in [3.05, 3.63) is 58.1 Å². The second kappa shape index (κ2) is 8.59. The van der Waals surface area contributed by atoms with Gasteiger partial charge in [-0.05, 0) is 36.8 Å².